The van der Waals surface area contributed by atoms with Crippen molar-refractivity contribution in [1.82, 2.24) is 19.1 Å². The van der Waals surface area contributed by atoms with Gasteiger partial charge in [0.2, 0.25) is 0 Å². The average molecular weight is 669 g/mol. The van der Waals surface area contributed by atoms with Gasteiger partial charge in [-0.05, 0) is 42.5 Å². The number of aromatic nitrogens is 4. The Morgan fingerprint density at radius 3 is 1.88 bits per heavy atom. The lowest BCUT2D eigenvalue weighted by molar-refractivity contribution is 1.05. The molecule has 0 amide bonds. The Morgan fingerprint density at radius 1 is 0.412 bits per heavy atom. The summed E-state index contributed by atoms with van der Waals surface area (Å²) in [5.74, 6) is 1.54. The highest BCUT2D eigenvalue weighted by Crippen LogP contribution is 2.42. The minimum absolute atomic E-state index is 0.698. The van der Waals surface area contributed by atoms with Crippen LogP contribution in [0.25, 0.3) is 97.9 Å². The summed E-state index contributed by atoms with van der Waals surface area (Å²) >= 11 is 1.83. The van der Waals surface area contributed by atoms with Gasteiger partial charge in [0.25, 0.3) is 0 Å². The molecule has 0 saturated heterocycles. The lowest BCUT2D eigenvalue weighted by Crippen LogP contribution is -2.02. The third-order valence-corrected chi connectivity index (χ3v) is 11.3. The maximum atomic E-state index is 5.37. The fourth-order valence-electron chi connectivity index (χ4n) is 7.90. The van der Waals surface area contributed by atoms with Crippen molar-refractivity contribution < 1.29 is 0 Å². The number of benzene rings is 7. The van der Waals surface area contributed by atoms with Crippen LogP contribution in [0.15, 0.2) is 170 Å². The number of fused-ring (bicyclic) bond motifs is 10. The molecule has 0 aliphatic carbocycles. The van der Waals surface area contributed by atoms with Gasteiger partial charge >= 0.3 is 0 Å². The third kappa shape index (κ3) is 4.25. The molecule has 0 atom stereocenters. The molecule has 0 N–H and O–H groups in total. The highest BCUT2D eigenvalue weighted by atomic mass is 32.1. The highest BCUT2D eigenvalue weighted by molar-refractivity contribution is 7.25. The number of thiophene rings is 1. The second-order valence-corrected chi connectivity index (χ2v) is 14.1. The molecule has 0 aliphatic rings. The molecule has 0 saturated carbocycles. The fraction of sp³-hybridized carbons (Fsp3) is 0. The normalized spacial score (nSPS) is 11.9. The number of nitrogens with zero attached hydrogens (tertiary/aromatic N) is 4. The lowest BCUT2D eigenvalue weighted by Gasteiger charge is -2.13. The molecular formula is C46H28N4S. The van der Waals surface area contributed by atoms with Crippen LogP contribution in [0, 0.1) is 0 Å². The summed E-state index contributed by atoms with van der Waals surface area (Å²) in [6.07, 6.45) is 0. The second kappa shape index (κ2) is 11.0. The summed E-state index contributed by atoms with van der Waals surface area (Å²) < 4.78 is 7.29. The standard InChI is InChI=1S/C46H28N4S/c1-3-13-29(14-4-1)46-47-37(30-23-24-34-33-18-9-12-22-41(33)51-42(34)27-30)28-43(48-46)50-38-20-10-7-17-32(38)35-25-26-40-44(45(35)50)36-19-8-11-21-39(36)49(40)31-15-5-2-6-16-31/h1-28H. The second-order valence-electron chi connectivity index (χ2n) is 13.0. The van der Waals surface area contributed by atoms with Gasteiger partial charge in [0.15, 0.2) is 5.82 Å². The maximum absolute atomic E-state index is 5.37. The Kier molecular flexibility index (Phi) is 6.09. The highest BCUT2D eigenvalue weighted by Gasteiger charge is 2.22. The Morgan fingerprint density at radius 2 is 1.06 bits per heavy atom. The van der Waals surface area contributed by atoms with E-state index in [0.717, 1.165) is 44.9 Å². The van der Waals surface area contributed by atoms with Gasteiger partial charge in [-0.15, -0.1) is 11.3 Å². The smallest absolute Gasteiger partial charge is 0.162 e. The molecule has 5 heteroatoms. The Hall–Kier alpha value is -6.56. The molecule has 0 spiro atoms. The number of hydrogen-bond acceptors (Lipinski definition) is 3. The van der Waals surface area contributed by atoms with Gasteiger partial charge in [-0.3, -0.25) is 4.57 Å². The van der Waals surface area contributed by atoms with Crippen molar-refractivity contribution in [3.05, 3.63) is 170 Å². The molecular weight excluding hydrogens is 641 g/mol. The van der Waals surface area contributed by atoms with Gasteiger partial charge in [-0.2, -0.15) is 0 Å². The first-order valence-electron chi connectivity index (χ1n) is 17.2. The zero-order valence-electron chi connectivity index (χ0n) is 27.4. The lowest BCUT2D eigenvalue weighted by atomic mass is 10.1. The van der Waals surface area contributed by atoms with Crippen molar-refractivity contribution in [2.75, 3.05) is 0 Å². The maximum Gasteiger partial charge on any atom is 0.162 e. The zero-order valence-corrected chi connectivity index (χ0v) is 28.2. The van der Waals surface area contributed by atoms with Gasteiger partial charge in [0.1, 0.15) is 5.82 Å². The van der Waals surface area contributed by atoms with E-state index in [1.165, 1.54) is 47.2 Å². The number of rotatable bonds is 4. The molecule has 0 bridgehead atoms. The van der Waals surface area contributed by atoms with Gasteiger partial charge in [-0.25, -0.2) is 9.97 Å². The Balaban J connectivity index is 1.25. The molecule has 4 heterocycles. The van der Waals surface area contributed by atoms with E-state index in [-0.39, 0.29) is 0 Å². The van der Waals surface area contributed by atoms with E-state index in [1.54, 1.807) is 0 Å². The molecule has 11 aromatic rings. The summed E-state index contributed by atoms with van der Waals surface area (Å²) in [5.41, 5.74) is 8.67. The molecule has 0 aliphatic heterocycles. The van der Waals surface area contributed by atoms with Crippen LogP contribution < -0.4 is 0 Å². The predicted octanol–water partition coefficient (Wildman–Crippen LogP) is 12.4. The van der Waals surface area contributed by atoms with Crippen molar-refractivity contribution in [2.45, 2.75) is 0 Å². The number of hydrogen-bond donors (Lipinski definition) is 0. The predicted molar refractivity (Wildman–Crippen MR) is 214 cm³/mol. The minimum Gasteiger partial charge on any atom is -0.309 e. The van der Waals surface area contributed by atoms with Crippen molar-refractivity contribution in [3.8, 4) is 34.2 Å². The first-order valence-corrected chi connectivity index (χ1v) is 18.0. The van der Waals surface area contributed by atoms with E-state index in [4.69, 9.17) is 9.97 Å². The Labute approximate surface area is 297 Å². The summed E-state index contributed by atoms with van der Waals surface area (Å²) in [4.78, 5) is 10.6. The molecule has 238 valence electrons. The molecule has 51 heavy (non-hydrogen) atoms. The van der Waals surface area contributed by atoms with Crippen LogP contribution in [0.1, 0.15) is 0 Å². The van der Waals surface area contributed by atoms with E-state index >= 15 is 0 Å². The quantitative estimate of drug-likeness (QED) is 0.187. The van der Waals surface area contributed by atoms with E-state index in [9.17, 15) is 0 Å². The molecule has 11 rings (SSSR count). The molecule has 0 fully saturated rings. The van der Waals surface area contributed by atoms with Gasteiger partial charge in [0.05, 0.1) is 27.8 Å². The van der Waals surface area contributed by atoms with Crippen LogP contribution in [0.3, 0.4) is 0 Å². The first-order chi connectivity index (χ1) is 25.3. The van der Waals surface area contributed by atoms with Gasteiger partial charge in [-0.1, -0.05) is 121 Å². The fourth-order valence-corrected chi connectivity index (χ4v) is 9.05. The minimum atomic E-state index is 0.698. The third-order valence-electron chi connectivity index (χ3n) is 10.1. The van der Waals surface area contributed by atoms with Gasteiger partial charge in [0, 0.05) is 64.6 Å². The van der Waals surface area contributed by atoms with Crippen LogP contribution in [0.2, 0.25) is 0 Å². The van der Waals surface area contributed by atoms with Crippen molar-refractivity contribution in [3.63, 3.8) is 0 Å². The number of para-hydroxylation sites is 3. The van der Waals surface area contributed by atoms with Crippen LogP contribution in [-0.4, -0.2) is 19.1 Å². The van der Waals surface area contributed by atoms with E-state index in [1.807, 2.05) is 17.4 Å². The average Bonchev–Trinajstić information content (AvgIpc) is 3.86. The molecule has 4 nitrogen and oxygen atoms in total. The van der Waals surface area contributed by atoms with Crippen molar-refractivity contribution >= 4 is 75.1 Å². The molecule has 0 unspecified atom stereocenters. The Bertz CT molecular complexity index is 3130. The van der Waals surface area contributed by atoms with E-state index in [0.29, 0.717) is 5.82 Å². The SMILES string of the molecule is c1ccc(-c2nc(-c3ccc4c(c3)sc3ccccc34)cc(-n3c4ccccc4c4ccc5c(c6ccccc6n5-c5ccccc5)c43)n2)cc1. The summed E-state index contributed by atoms with van der Waals surface area (Å²) in [6.45, 7) is 0. The summed E-state index contributed by atoms with van der Waals surface area (Å²) in [6, 6.07) is 60.5. The molecule has 4 aromatic heterocycles. The first kappa shape index (κ1) is 28.3. The van der Waals surface area contributed by atoms with Gasteiger partial charge < -0.3 is 4.57 Å². The summed E-state index contributed by atoms with van der Waals surface area (Å²) in [5, 5.41) is 7.37. The van der Waals surface area contributed by atoms with E-state index < -0.39 is 0 Å². The van der Waals surface area contributed by atoms with Crippen molar-refractivity contribution in [2.24, 2.45) is 0 Å². The topological polar surface area (TPSA) is 35.6 Å². The van der Waals surface area contributed by atoms with Crippen molar-refractivity contribution in [1.29, 1.82) is 0 Å². The molecule has 0 radical (unpaired) electrons. The van der Waals surface area contributed by atoms with E-state index in [2.05, 4.69) is 173 Å². The molecule has 7 aromatic carbocycles. The van der Waals surface area contributed by atoms with Crippen LogP contribution in [-0.2, 0) is 0 Å². The van der Waals surface area contributed by atoms with Crippen LogP contribution in [0.4, 0.5) is 0 Å². The zero-order chi connectivity index (χ0) is 33.5. The van der Waals surface area contributed by atoms with Crippen LogP contribution in [0.5, 0.6) is 0 Å². The summed E-state index contributed by atoms with van der Waals surface area (Å²) in [7, 11) is 0. The monoisotopic (exact) mass is 668 g/mol. The van der Waals surface area contributed by atoms with Crippen LogP contribution >= 0.6 is 11.3 Å². The largest absolute Gasteiger partial charge is 0.309 e.